The molecule has 0 saturated carbocycles. The lowest BCUT2D eigenvalue weighted by Gasteiger charge is -2.25. The Morgan fingerprint density at radius 1 is 1.24 bits per heavy atom. The van der Waals surface area contributed by atoms with Crippen molar-refractivity contribution in [1.82, 2.24) is 4.98 Å². The van der Waals surface area contributed by atoms with Crippen LogP contribution in [0.25, 0.3) is 0 Å². The van der Waals surface area contributed by atoms with Gasteiger partial charge >= 0.3 is 6.18 Å². The summed E-state index contributed by atoms with van der Waals surface area (Å²) in [4.78, 5) is 18.4. The highest BCUT2D eigenvalue weighted by molar-refractivity contribution is 6.08. The number of oxime groups is 1. The van der Waals surface area contributed by atoms with E-state index in [0.717, 1.165) is 6.92 Å². The quantitative estimate of drug-likeness (QED) is 0.202. The van der Waals surface area contributed by atoms with Gasteiger partial charge in [-0.25, -0.2) is 13.8 Å². The molecule has 12 heteroatoms. The average molecular weight is 471 g/mol. The molecule has 3 rings (SSSR count). The van der Waals surface area contributed by atoms with E-state index in [1.165, 1.54) is 29.2 Å². The summed E-state index contributed by atoms with van der Waals surface area (Å²) in [7, 11) is 0. The molecule has 1 aromatic heterocycles. The van der Waals surface area contributed by atoms with Crippen molar-refractivity contribution in [2.24, 2.45) is 10.9 Å². The third-order valence-corrected chi connectivity index (χ3v) is 5.28. The van der Waals surface area contributed by atoms with Crippen LogP contribution in [0.1, 0.15) is 46.4 Å². The van der Waals surface area contributed by atoms with Crippen molar-refractivity contribution >= 4 is 23.2 Å². The molecule has 178 valence electrons. The van der Waals surface area contributed by atoms with Crippen molar-refractivity contribution < 1.29 is 32.0 Å². The molecule has 0 atom stereocenters. The molecule has 1 fully saturated rings. The van der Waals surface area contributed by atoms with Crippen LogP contribution in [0.15, 0.2) is 35.5 Å². The molecule has 0 radical (unpaired) electrons. The van der Waals surface area contributed by atoms with Crippen molar-refractivity contribution in [3.63, 3.8) is 0 Å². The first kappa shape index (κ1) is 24.2. The normalized spacial score (nSPS) is 16.9. The summed E-state index contributed by atoms with van der Waals surface area (Å²) in [6, 6.07) is 6.51. The van der Waals surface area contributed by atoms with Gasteiger partial charge in [-0.2, -0.15) is 13.2 Å². The molecule has 1 aromatic carbocycles. The van der Waals surface area contributed by atoms with Crippen molar-refractivity contribution in [2.75, 3.05) is 23.3 Å². The van der Waals surface area contributed by atoms with Gasteiger partial charge in [0.25, 0.3) is 5.91 Å². The minimum Gasteiger partial charge on any atom is -0.409 e. The molecular formula is C21H22F5N5O2. The number of nitrogens with two attached hydrogens (primary N) is 1. The van der Waals surface area contributed by atoms with E-state index < -0.39 is 35.6 Å². The number of halogens is 5. The van der Waals surface area contributed by atoms with Gasteiger partial charge in [0, 0.05) is 37.2 Å². The van der Waals surface area contributed by atoms with E-state index in [1.54, 1.807) is 0 Å². The van der Waals surface area contributed by atoms with Crippen LogP contribution in [-0.4, -0.2) is 40.9 Å². The Kier molecular flexibility index (Phi) is 6.75. The predicted molar refractivity (Wildman–Crippen MR) is 112 cm³/mol. The summed E-state index contributed by atoms with van der Waals surface area (Å²) >= 11 is 0. The largest absolute Gasteiger partial charge is 0.418 e. The number of pyridine rings is 1. The highest BCUT2D eigenvalue weighted by atomic mass is 19.4. The maximum atomic E-state index is 13.8. The molecule has 2 heterocycles. The fourth-order valence-electron chi connectivity index (χ4n) is 3.58. The number of hydrogen-bond acceptors (Lipinski definition) is 5. The standard InChI is InChI=1S/C21H22F5N5O2/c1-12-16(21(24,25)26)11-15(18(28-12)31-8-3-6-20(22,23)7-9-31)19(32)29-14-5-2-4-13(10-14)17(27)30-33/h2,4-5,10-11,33H,3,6-9H2,1H3,(H2,27,30)(H,29,32). The lowest BCUT2D eigenvalue weighted by molar-refractivity contribution is -0.138. The van der Waals surface area contributed by atoms with Crippen LogP contribution < -0.4 is 16.0 Å². The Morgan fingerprint density at radius 3 is 2.64 bits per heavy atom. The number of rotatable bonds is 4. The van der Waals surface area contributed by atoms with Crippen LogP contribution in [0.4, 0.5) is 33.5 Å². The van der Waals surface area contributed by atoms with Crippen LogP contribution in [0.3, 0.4) is 0 Å². The van der Waals surface area contributed by atoms with E-state index in [4.69, 9.17) is 10.9 Å². The van der Waals surface area contributed by atoms with Crippen LogP contribution in [0.5, 0.6) is 0 Å². The first-order valence-electron chi connectivity index (χ1n) is 10.0. The van der Waals surface area contributed by atoms with Crippen molar-refractivity contribution in [2.45, 2.75) is 38.3 Å². The van der Waals surface area contributed by atoms with Gasteiger partial charge in [0.15, 0.2) is 5.84 Å². The van der Waals surface area contributed by atoms with E-state index in [-0.39, 0.29) is 54.5 Å². The third-order valence-electron chi connectivity index (χ3n) is 5.28. The van der Waals surface area contributed by atoms with Gasteiger partial charge in [-0.3, -0.25) is 4.79 Å². The molecule has 4 N–H and O–H groups in total. The number of carbonyl (C=O) groups excluding carboxylic acids is 1. The maximum absolute atomic E-state index is 13.8. The summed E-state index contributed by atoms with van der Waals surface area (Å²) in [6.07, 6.45) is -5.52. The Hall–Kier alpha value is -3.44. The Labute approximate surface area is 186 Å². The van der Waals surface area contributed by atoms with Crippen LogP contribution in [0.2, 0.25) is 0 Å². The van der Waals surface area contributed by atoms with Gasteiger partial charge < -0.3 is 21.2 Å². The molecule has 0 spiro atoms. The molecule has 1 aliphatic rings. The number of amidine groups is 1. The monoisotopic (exact) mass is 471 g/mol. The van der Waals surface area contributed by atoms with E-state index in [2.05, 4.69) is 15.5 Å². The molecule has 0 unspecified atom stereocenters. The molecular weight excluding hydrogens is 449 g/mol. The highest BCUT2D eigenvalue weighted by Crippen LogP contribution is 2.36. The van der Waals surface area contributed by atoms with Gasteiger partial charge in [-0.1, -0.05) is 17.3 Å². The third kappa shape index (κ3) is 5.68. The van der Waals surface area contributed by atoms with E-state index in [1.807, 2.05) is 0 Å². The summed E-state index contributed by atoms with van der Waals surface area (Å²) < 4.78 is 68.2. The number of carbonyl (C=O) groups is 1. The van der Waals surface area contributed by atoms with Crippen molar-refractivity contribution in [1.29, 1.82) is 0 Å². The smallest absolute Gasteiger partial charge is 0.409 e. The predicted octanol–water partition coefficient (Wildman–Crippen LogP) is 4.38. The van der Waals surface area contributed by atoms with Crippen LogP contribution in [0, 0.1) is 6.92 Å². The number of alkyl halides is 5. The van der Waals surface area contributed by atoms with E-state index >= 15 is 0 Å². The van der Waals surface area contributed by atoms with Gasteiger partial charge in [-0.15, -0.1) is 0 Å². The molecule has 1 saturated heterocycles. The minimum atomic E-state index is -4.76. The number of benzene rings is 1. The highest BCUT2D eigenvalue weighted by Gasteiger charge is 2.37. The lowest BCUT2D eigenvalue weighted by atomic mass is 10.1. The summed E-state index contributed by atoms with van der Waals surface area (Å²) in [5.41, 5.74) is 4.12. The first-order valence-corrected chi connectivity index (χ1v) is 10.0. The van der Waals surface area contributed by atoms with E-state index in [0.29, 0.717) is 6.07 Å². The summed E-state index contributed by atoms with van der Waals surface area (Å²) in [5.74, 6) is -4.13. The SMILES string of the molecule is Cc1nc(N2CCCC(F)(F)CC2)c(C(=O)Nc2cccc(/C(N)=N/O)c2)cc1C(F)(F)F. The minimum absolute atomic E-state index is 0.0942. The first-order chi connectivity index (χ1) is 15.4. The second-order valence-electron chi connectivity index (χ2n) is 7.71. The molecule has 33 heavy (non-hydrogen) atoms. The number of aryl methyl sites for hydroxylation is 1. The number of amides is 1. The topological polar surface area (TPSA) is 104 Å². The summed E-state index contributed by atoms with van der Waals surface area (Å²) in [6.45, 7) is 1.11. The van der Waals surface area contributed by atoms with Gasteiger partial charge in [0.2, 0.25) is 5.92 Å². The molecule has 1 aliphatic heterocycles. The van der Waals surface area contributed by atoms with Crippen molar-refractivity contribution in [3.8, 4) is 0 Å². The fourth-order valence-corrected chi connectivity index (χ4v) is 3.58. The maximum Gasteiger partial charge on any atom is 0.418 e. The zero-order chi connectivity index (χ0) is 24.4. The summed E-state index contributed by atoms with van der Waals surface area (Å²) in [5, 5.41) is 14.1. The number of nitrogens with zero attached hydrogens (tertiary/aromatic N) is 3. The Morgan fingerprint density at radius 2 is 1.97 bits per heavy atom. The molecule has 0 aliphatic carbocycles. The molecule has 1 amide bonds. The van der Waals surface area contributed by atoms with Gasteiger partial charge in [0.05, 0.1) is 16.8 Å². The number of nitrogens with one attached hydrogen (secondary N) is 1. The molecule has 7 nitrogen and oxygen atoms in total. The Bertz CT molecular complexity index is 1070. The number of anilines is 2. The van der Waals surface area contributed by atoms with Gasteiger partial charge in [-0.05, 0) is 31.5 Å². The van der Waals surface area contributed by atoms with E-state index in [9.17, 15) is 26.7 Å². The van der Waals surface area contributed by atoms with Gasteiger partial charge in [0.1, 0.15) is 5.82 Å². The number of hydrogen-bond donors (Lipinski definition) is 3. The Balaban J connectivity index is 2.02. The van der Waals surface area contributed by atoms with Crippen LogP contribution in [-0.2, 0) is 6.18 Å². The molecule has 2 aromatic rings. The fraction of sp³-hybridized carbons (Fsp3) is 0.381. The second kappa shape index (κ2) is 9.20. The van der Waals surface area contributed by atoms with Crippen LogP contribution >= 0.6 is 0 Å². The lowest BCUT2D eigenvalue weighted by Crippen LogP contribution is -2.30. The zero-order valence-corrected chi connectivity index (χ0v) is 17.6. The van der Waals surface area contributed by atoms with Crippen molar-refractivity contribution in [3.05, 3.63) is 52.7 Å². The average Bonchev–Trinajstić information content (AvgIpc) is 2.92. The zero-order valence-electron chi connectivity index (χ0n) is 17.6. The number of aromatic nitrogens is 1. The molecule has 0 bridgehead atoms. The second-order valence-corrected chi connectivity index (χ2v) is 7.71.